The van der Waals surface area contributed by atoms with Crippen LogP contribution >= 0.6 is 0 Å². The molecule has 1 saturated heterocycles. The number of pyridine rings is 2. The first-order valence-electron chi connectivity index (χ1n) is 10.5. The molecule has 1 aliphatic heterocycles. The van der Waals surface area contributed by atoms with Crippen molar-refractivity contribution in [2.75, 3.05) is 18.5 Å². The number of anilines is 1. The number of ether oxygens (including phenoxy) is 1. The Kier molecular flexibility index (Phi) is 6.31. The number of hydrogen-bond donors (Lipinski definition) is 1. The molecule has 0 atom stereocenters. The topological polar surface area (TPSA) is 74.0 Å². The van der Waals surface area contributed by atoms with Crippen molar-refractivity contribution >= 4 is 5.82 Å². The van der Waals surface area contributed by atoms with Crippen molar-refractivity contribution in [3.8, 4) is 16.9 Å². The van der Waals surface area contributed by atoms with Crippen LogP contribution in [0.3, 0.4) is 0 Å². The number of nitrogens with zero attached hydrogens (tertiary/aromatic N) is 4. The average molecular weight is 447 g/mol. The van der Waals surface area contributed by atoms with Crippen LogP contribution in [0, 0.1) is 0 Å². The minimum absolute atomic E-state index is 0.0289. The van der Waals surface area contributed by atoms with Crippen molar-refractivity contribution in [3.63, 3.8) is 0 Å². The largest absolute Gasteiger partial charge is 0.417 e. The Balaban J connectivity index is 1.65. The van der Waals surface area contributed by atoms with E-state index in [0.29, 0.717) is 25.4 Å². The zero-order valence-corrected chi connectivity index (χ0v) is 17.6. The molecule has 32 heavy (non-hydrogen) atoms. The van der Waals surface area contributed by atoms with E-state index in [9.17, 15) is 18.0 Å². The standard InChI is InChI=1S/C22H24F3N5O2/c1-2-8-29-14-16(3-4-21(29)31)30-9-5-19(28-30)17-13-26-20(12-18(17)22(23,24)25)27-15-6-10-32-11-7-15/h3-5,9,12-15H,2,6-8,10-11H2,1H3,(H,26,27). The number of aromatic nitrogens is 4. The summed E-state index contributed by atoms with van der Waals surface area (Å²) < 4.78 is 49.9. The minimum Gasteiger partial charge on any atom is -0.381 e. The second kappa shape index (κ2) is 9.15. The van der Waals surface area contributed by atoms with E-state index in [4.69, 9.17) is 4.74 Å². The molecule has 0 spiro atoms. The summed E-state index contributed by atoms with van der Waals surface area (Å²) in [5.41, 5.74) is -0.308. The number of halogens is 3. The van der Waals surface area contributed by atoms with Crippen LogP contribution < -0.4 is 10.9 Å². The van der Waals surface area contributed by atoms with Crippen LogP contribution in [0.4, 0.5) is 19.0 Å². The lowest BCUT2D eigenvalue weighted by atomic mass is 10.1. The summed E-state index contributed by atoms with van der Waals surface area (Å²) in [5, 5.41) is 7.40. The number of alkyl halides is 3. The number of aryl methyl sites for hydroxylation is 1. The molecule has 0 saturated carbocycles. The molecule has 4 rings (SSSR count). The molecule has 0 bridgehead atoms. The Labute approximate surface area is 182 Å². The molecule has 170 valence electrons. The van der Waals surface area contributed by atoms with Crippen molar-refractivity contribution in [2.45, 2.75) is 44.9 Å². The molecule has 1 fully saturated rings. The quantitative estimate of drug-likeness (QED) is 0.616. The van der Waals surface area contributed by atoms with Crippen LogP contribution in [0.1, 0.15) is 31.7 Å². The Bertz CT molecular complexity index is 1130. The third-order valence-corrected chi connectivity index (χ3v) is 5.34. The van der Waals surface area contributed by atoms with Gasteiger partial charge in [-0.3, -0.25) is 4.79 Å². The summed E-state index contributed by atoms with van der Waals surface area (Å²) in [6, 6.07) is 5.58. The second-order valence-electron chi connectivity index (χ2n) is 7.71. The molecule has 3 aromatic rings. The molecule has 0 aliphatic carbocycles. The maximum Gasteiger partial charge on any atom is 0.417 e. The summed E-state index contributed by atoms with van der Waals surface area (Å²) in [7, 11) is 0. The molecule has 3 aromatic heterocycles. The molecule has 10 heteroatoms. The van der Waals surface area contributed by atoms with Crippen molar-refractivity contribution in [3.05, 3.63) is 58.8 Å². The molecule has 1 aliphatic rings. The van der Waals surface area contributed by atoms with Crippen LogP contribution in [-0.4, -0.2) is 38.6 Å². The lowest BCUT2D eigenvalue weighted by Crippen LogP contribution is -2.28. The normalized spacial score (nSPS) is 15.1. The van der Waals surface area contributed by atoms with Crippen molar-refractivity contribution in [1.82, 2.24) is 19.3 Å². The Morgan fingerprint density at radius 1 is 1.22 bits per heavy atom. The summed E-state index contributed by atoms with van der Waals surface area (Å²) in [6.45, 7) is 3.65. The average Bonchev–Trinajstić information content (AvgIpc) is 3.26. The molecular weight excluding hydrogens is 423 g/mol. The zero-order chi connectivity index (χ0) is 22.7. The third-order valence-electron chi connectivity index (χ3n) is 5.34. The Hall–Kier alpha value is -3.14. The molecule has 0 amide bonds. The highest BCUT2D eigenvalue weighted by molar-refractivity contribution is 5.65. The van der Waals surface area contributed by atoms with E-state index in [1.807, 2.05) is 6.92 Å². The fraction of sp³-hybridized carbons (Fsp3) is 0.409. The van der Waals surface area contributed by atoms with Crippen LogP contribution in [0.15, 0.2) is 47.7 Å². The van der Waals surface area contributed by atoms with Gasteiger partial charge < -0.3 is 14.6 Å². The summed E-state index contributed by atoms with van der Waals surface area (Å²) >= 11 is 0. The first-order valence-corrected chi connectivity index (χ1v) is 10.5. The van der Waals surface area contributed by atoms with Gasteiger partial charge >= 0.3 is 6.18 Å². The fourth-order valence-electron chi connectivity index (χ4n) is 3.71. The van der Waals surface area contributed by atoms with E-state index < -0.39 is 11.7 Å². The van der Waals surface area contributed by atoms with Gasteiger partial charge in [-0.1, -0.05) is 6.92 Å². The summed E-state index contributed by atoms with van der Waals surface area (Å²) in [6.07, 6.45) is 2.07. The van der Waals surface area contributed by atoms with E-state index in [2.05, 4.69) is 15.4 Å². The van der Waals surface area contributed by atoms with E-state index in [0.717, 1.165) is 25.3 Å². The Morgan fingerprint density at radius 3 is 2.72 bits per heavy atom. The van der Waals surface area contributed by atoms with Gasteiger partial charge in [0.05, 0.1) is 16.9 Å². The highest BCUT2D eigenvalue weighted by atomic mass is 19.4. The first kappa shape index (κ1) is 22.1. The number of rotatable bonds is 6. The van der Waals surface area contributed by atoms with Gasteiger partial charge in [0.15, 0.2) is 0 Å². The fourth-order valence-corrected chi connectivity index (χ4v) is 3.71. The van der Waals surface area contributed by atoms with Gasteiger partial charge in [-0.25, -0.2) is 9.67 Å². The monoisotopic (exact) mass is 447 g/mol. The predicted molar refractivity (Wildman–Crippen MR) is 114 cm³/mol. The zero-order valence-electron chi connectivity index (χ0n) is 17.6. The van der Waals surface area contributed by atoms with E-state index in [1.165, 1.54) is 23.0 Å². The van der Waals surface area contributed by atoms with E-state index in [1.54, 1.807) is 23.0 Å². The highest BCUT2D eigenvalue weighted by Gasteiger charge is 2.35. The van der Waals surface area contributed by atoms with Gasteiger partial charge in [-0.2, -0.15) is 18.3 Å². The van der Waals surface area contributed by atoms with Crippen molar-refractivity contribution in [1.29, 1.82) is 0 Å². The molecule has 0 radical (unpaired) electrons. The molecule has 0 aromatic carbocycles. The highest BCUT2D eigenvalue weighted by Crippen LogP contribution is 2.37. The van der Waals surface area contributed by atoms with Crippen molar-refractivity contribution in [2.24, 2.45) is 0 Å². The summed E-state index contributed by atoms with van der Waals surface area (Å²) in [4.78, 5) is 16.1. The predicted octanol–water partition coefficient (Wildman–Crippen LogP) is 4.12. The maximum atomic E-state index is 13.9. The number of hydrogen-bond acceptors (Lipinski definition) is 5. The molecule has 7 nitrogen and oxygen atoms in total. The SMILES string of the molecule is CCCn1cc(-n2ccc(-c3cnc(NC4CCOCC4)cc3C(F)(F)F)n2)ccc1=O. The van der Waals surface area contributed by atoms with Crippen LogP contribution in [0.5, 0.6) is 0 Å². The molecule has 0 unspecified atom stereocenters. The minimum atomic E-state index is -4.57. The number of nitrogens with one attached hydrogen (secondary N) is 1. The molecular formula is C22H24F3N5O2. The molecule has 1 N–H and O–H groups in total. The van der Waals surface area contributed by atoms with Gasteiger partial charge in [0, 0.05) is 56.0 Å². The Morgan fingerprint density at radius 2 is 2.00 bits per heavy atom. The first-order chi connectivity index (χ1) is 15.3. The lowest BCUT2D eigenvalue weighted by molar-refractivity contribution is -0.137. The maximum absolute atomic E-state index is 13.9. The smallest absolute Gasteiger partial charge is 0.381 e. The van der Waals surface area contributed by atoms with E-state index >= 15 is 0 Å². The van der Waals surface area contributed by atoms with Crippen molar-refractivity contribution < 1.29 is 17.9 Å². The second-order valence-corrected chi connectivity index (χ2v) is 7.71. The van der Waals surface area contributed by atoms with Gasteiger partial charge in [-0.15, -0.1) is 0 Å². The molecule has 4 heterocycles. The van der Waals surface area contributed by atoms with E-state index in [-0.39, 0.29) is 28.7 Å². The van der Waals surface area contributed by atoms with Gasteiger partial charge in [0.25, 0.3) is 5.56 Å². The van der Waals surface area contributed by atoms with Gasteiger partial charge in [0.1, 0.15) is 5.82 Å². The third kappa shape index (κ3) is 4.85. The van der Waals surface area contributed by atoms with Crippen LogP contribution in [-0.2, 0) is 17.5 Å². The summed E-state index contributed by atoms with van der Waals surface area (Å²) in [5.74, 6) is 0.180. The van der Waals surface area contributed by atoms with Crippen LogP contribution in [0.25, 0.3) is 16.9 Å². The van der Waals surface area contributed by atoms with Crippen LogP contribution in [0.2, 0.25) is 0 Å². The van der Waals surface area contributed by atoms with Gasteiger partial charge in [0.2, 0.25) is 0 Å². The van der Waals surface area contributed by atoms with Gasteiger partial charge in [-0.05, 0) is 37.5 Å². The lowest BCUT2D eigenvalue weighted by Gasteiger charge is -2.24.